The third-order valence-electron chi connectivity index (χ3n) is 11.2. The predicted octanol–water partition coefficient (Wildman–Crippen LogP) is 10.1. The number of rotatable bonds is 9. The molecule has 0 saturated heterocycles. The van der Waals surface area contributed by atoms with Crippen LogP contribution in [0.15, 0.2) is 11.6 Å². The van der Waals surface area contributed by atoms with Gasteiger partial charge in [-0.05, 0) is 150 Å². The molecular formula is C33H62O2Si2. The van der Waals surface area contributed by atoms with Crippen molar-refractivity contribution in [3.8, 4) is 0 Å². The van der Waals surface area contributed by atoms with Gasteiger partial charge in [0.05, 0.1) is 0 Å². The van der Waals surface area contributed by atoms with Crippen LogP contribution in [-0.2, 0) is 8.85 Å². The van der Waals surface area contributed by atoms with Crippen LogP contribution in [0.1, 0.15) is 98.8 Å². The van der Waals surface area contributed by atoms with Crippen molar-refractivity contribution in [1.82, 2.24) is 0 Å². The monoisotopic (exact) mass is 546 g/mol. The predicted molar refractivity (Wildman–Crippen MR) is 165 cm³/mol. The first kappa shape index (κ1) is 30.1. The van der Waals surface area contributed by atoms with E-state index >= 15 is 0 Å². The minimum atomic E-state index is -1.53. The van der Waals surface area contributed by atoms with Gasteiger partial charge in [0, 0.05) is 12.2 Å². The molecule has 0 bridgehead atoms. The normalized spacial score (nSPS) is 40.0. The quantitative estimate of drug-likeness (QED) is 0.211. The maximum absolute atomic E-state index is 6.77. The van der Waals surface area contributed by atoms with Gasteiger partial charge in [0.15, 0.2) is 16.6 Å². The average Bonchev–Trinajstić information content (AvgIpc) is 3.08. The summed E-state index contributed by atoms with van der Waals surface area (Å²) in [4.78, 5) is 0. The van der Waals surface area contributed by atoms with Crippen molar-refractivity contribution in [3.63, 3.8) is 0 Å². The lowest BCUT2D eigenvalue weighted by Gasteiger charge is -2.58. The molecule has 3 unspecified atom stereocenters. The Morgan fingerprint density at radius 1 is 0.865 bits per heavy atom. The molecule has 0 N–H and O–H groups in total. The van der Waals surface area contributed by atoms with E-state index in [2.05, 4.69) is 80.0 Å². The summed E-state index contributed by atoms with van der Waals surface area (Å²) in [7, 11) is -3.00. The molecule has 0 aliphatic heterocycles. The molecule has 0 spiro atoms. The summed E-state index contributed by atoms with van der Waals surface area (Å²) >= 11 is 0. The highest BCUT2D eigenvalue weighted by atomic mass is 28.4. The molecule has 0 aromatic heterocycles. The summed E-state index contributed by atoms with van der Waals surface area (Å²) in [5.74, 6) is 5.08. The van der Waals surface area contributed by atoms with Crippen LogP contribution in [-0.4, -0.2) is 28.8 Å². The summed E-state index contributed by atoms with van der Waals surface area (Å²) in [5, 5.41) is 0. The Balaban J connectivity index is 1.47. The van der Waals surface area contributed by atoms with Crippen LogP contribution in [0.3, 0.4) is 0 Å². The van der Waals surface area contributed by atoms with Gasteiger partial charge in [0.25, 0.3) is 0 Å². The SMILES string of the molecule is CC(C)C[C@@H](C[C@@H](C)[C@H]1CCC2C3CC=C4C[C@@H](O[Si](C)(C)C)CC[C@]4(C)C3CC[C@@]21C)O[Si](C)(C)C. The molecule has 9 atom stereocenters. The minimum absolute atomic E-state index is 0.431. The van der Waals surface area contributed by atoms with Crippen molar-refractivity contribution in [2.45, 2.75) is 150 Å². The standard InChI is InChI=1S/C33H62O2Si2/c1-23(2)20-27(35-37(9,10)11)21-24(3)29-14-15-30-28-13-12-25-22-26(34-36(6,7)8)16-18-32(25,4)31(28)17-19-33(29,30)5/h12,23-24,26-31H,13-22H2,1-11H3/t24-,26+,27+,28?,29-,30?,31?,32+,33-/m1/s1. The second-order valence-corrected chi connectivity index (χ2v) is 25.7. The van der Waals surface area contributed by atoms with Crippen molar-refractivity contribution in [3.05, 3.63) is 11.6 Å². The van der Waals surface area contributed by atoms with Crippen molar-refractivity contribution in [1.29, 1.82) is 0 Å². The number of fused-ring (bicyclic) bond motifs is 5. The molecule has 0 aromatic carbocycles. The zero-order valence-corrected chi connectivity index (χ0v) is 28.6. The van der Waals surface area contributed by atoms with Crippen molar-refractivity contribution < 1.29 is 8.85 Å². The van der Waals surface area contributed by atoms with Crippen LogP contribution in [0.25, 0.3) is 0 Å². The van der Waals surface area contributed by atoms with Crippen LogP contribution in [0.2, 0.25) is 39.3 Å². The molecule has 0 aromatic rings. The third-order valence-corrected chi connectivity index (χ3v) is 13.3. The highest BCUT2D eigenvalue weighted by Gasteiger charge is 2.59. The Morgan fingerprint density at radius 3 is 2.19 bits per heavy atom. The van der Waals surface area contributed by atoms with Gasteiger partial charge < -0.3 is 8.85 Å². The lowest BCUT2D eigenvalue weighted by Crippen LogP contribution is -2.51. The third kappa shape index (κ3) is 6.54. The van der Waals surface area contributed by atoms with Crippen molar-refractivity contribution in [2.75, 3.05) is 0 Å². The summed E-state index contributed by atoms with van der Waals surface area (Å²) < 4.78 is 13.4. The molecule has 0 radical (unpaired) electrons. The number of allylic oxidation sites excluding steroid dienone is 1. The Kier molecular flexibility index (Phi) is 8.79. The average molecular weight is 547 g/mol. The molecule has 3 fully saturated rings. The maximum atomic E-state index is 6.77. The van der Waals surface area contributed by atoms with Crippen molar-refractivity contribution in [2.24, 2.45) is 46.3 Å². The lowest BCUT2D eigenvalue weighted by molar-refractivity contribution is -0.0584. The van der Waals surface area contributed by atoms with Crippen LogP contribution in [0.4, 0.5) is 0 Å². The van der Waals surface area contributed by atoms with Gasteiger partial charge in [0.1, 0.15) is 0 Å². The molecule has 2 nitrogen and oxygen atoms in total. The van der Waals surface area contributed by atoms with E-state index in [1.165, 1.54) is 64.2 Å². The Hall–Kier alpha value is 0.0938. The van der Waals surface area contributed by atoms with E-state index in [0.29, 0.717) is 29.0 Å². The number of hydrogen-bond donors (Lipinski definition) is 0. The largest absolute Gasteiger partial charge is 0.415 e. The molecule has 0 heterocycles. The summed E-state index contributed by atoms with van der Waals surface area (Å²) in [6, 6.07) is 0. The molecule has 4 heteroatoms. The zero-order chi connectivity index (χ0) is 27.4. The molecule has 3 saturated carbocycles. The lowest BCUT2D eigenvalue weighted by atomic mass is 9.47. The van der Waals surface area contributed by atoms with Crippen LogP contribution >= 0.6 is 0 Å². The first-order valence-corrected chi connectivity index (χ1v) is 22.9. The van der Waals surface area contributed by atoms with Gasteiger partial charge in [-0.15, -0.1) is 0 Å². The highest BCUT2D eigenvalue weighted by molar-refractivity contribution is 6.70. The fourth-order valence-corrected chi connectivity index (χ4v) is 12.4. The molecule has 0 amide bonds. The van der Waals surface area contributed by atoms with Gasteiger partial charge in [-0.1, -0.05) is 46.3 Å². The van der Waals surface area contributed by atoms with Gasteiger partial charge >= 0.3 is 0 Å². The van der Waals surface area contributed by atoms with E-state index in [1.54, 1.807) is 5.57 Å². The summed E-state index contributed by atoms with van der Waals surface area (Å²) in [5.41, 5.74) is 2.73. The van der Waals surface area contributed by atoms with Gasteiger partial charge in [-0.3, -0.25) is 0 Å². The minimum Gasteiger partial charge on any atom is -0.415 e. The summed E-state index contributed by atoms with van der Waals surface area (Å²) in [6.45, 7) is 26.9. The maximum Gasteiger partial charge on any atom is 0.184 e. The topological polar surface area (TPSA) is 18.5 Å². The fraction of sp³-hybridized carbons (Fsp3) is 0.939. The molecule has 4 aliphatic carbocycles. The van der Waals surface area contributed by atoms with E-state index in [4.69, 9.17) is 8.85 Å². The molecule has 4 rings (SSSR count). The highest BCUT2D eigenvalue weighted by Crippen LogP contribution is 2.67. The first-order chi connectivity index (χ1) is 17.0. The van der Waals surface area contributed by atoms with Crippen LogP contribution in [0.5, 0.6) is 0 Å². The Labute approximate surface area is 233 Å². The fourth-order valence-electron chi connectivity index (χ4n) is 10.0. The van der Waals surface area contributed by atoms with Crippen molar-refractivity contribution >= 4 is 16.6 Å². The van der Waals surface area contributed by atoms with Gasteiger partial charge in [0.2, 0.25) is 0 Å². The molecule has 214 valence electrons. The summed E-state index contributed by atoms with van der Waals surface area (Å²) in [6.07, 6.45) is 17.1. The van der Waals surface area contributed by atoms with E-state index in [1.807, 2.05) is 0 Å². The van der Waals surface area contributed by atoms with Crippen LogP contribution in [0, 0.1) is 46.3 Å². The second-order valence-electron chi connectivity index (χ2n) is 16.8. The molecular weight excluding hydrogens is 485 g/mol. The van der Waals surface area contributed by atoms with Gasteiger partial charge in [-0.2, -0.15) is 0 Å². The molecule has 4 aliphatic rings. The van der Waals surface area contributed by atoms with E-state index in [9.17, 15) is 0 Å². The smallest absolute Gasteiger partial charge is 0.184 e. The van der Waals surface area contributed by atoms with Gasteiger partial charge in [-0.25, -0.2) is 0 Å². The van der Waals surface area contributed by atoms with E-state index in [0.717, 1.165) is 29.6 Å². The zero-order valence-electron chi connectivity index (χ0n) is 26.6. The first-order valence-electron chi connectivity index (χ1n) is 16.1. The Bertz CT molecular complexity index is 823. The Morgan fingerprint density at radius 2 is 1.57 bits per heavy atom. The van der Waals surface area contributed by atoms with E-state index < -0.39 is 16.6 Å². The number of hydrogen-bond acceptors (Lipinski definition) is 2. The molecule has 37 heavy (non-hydrogen) atoms. The van der Waals surface area contributed by atoms with E-state index in [-0.39, 0.29) is 0 Å². The second kappa shape index (κ2) is 10.8. The van der Waals surface area contributed by atoms with Crippen LogP contribution < -0.4 is 0 Å².